The molecule has 2 aliphatic heterocycles. The number of hydrogen-bond acceptors (Lipinski definition) is 7. The van der Waals surface area contributed by atoms with Crippen molar-refractivity contribution in [3.8, 4) is 0 Å². The van der Waals surface area contributed by atoms with Gasteiger partial charge in [0, 0.05) is 31.2 Å². The van der Waals surface area contributed by atoms with E-state index in [0.717, 1.165) is 0 Å². The van der Waals surface area contributed by atoms with Gasteiger partial charge in [-0.05, 0) is 11.5 Å². The summed E-state index contributed by atoms with van der Waals surface area (Å²) in [5.41, 5.74) is 5.13. The van der Waals surface area contributed by atoms with E-state index >= 15 is 0 Å². The lowest BCUT2D eigenvalue weighted by Gasteiger charge is -2.41. The first-order valence-electron chi connectivity index (χ1n) is 9.74. The number of nitrogens with one attached hydrogen (secondary N) is 1. The molecule has 8 heteroatoms. The molecule has 4 rings (SSSR count). The summed E-state index contributed by atoms with van der Waals surface area (Å²) in [6.45, 7) is 4.04. The van der Waals surface area contributed by atoms with E-state index in [9.17, 15) is 14.4 Å². The molecule has 2 heterocycles. The Kier molecular flexibility index (Phi) is 4.69. The number of fused-ring (bicyclic) bond motifs is 3. The fourth-order valence-electron chi connectivity index (χ4n) is 4.56. The van der Waals surface area contributed by atoms with Crippen molar-refractivity contribution in [2.24, 2.45) is 11.1 Å². The van der Waals surface area contributed by atoms with Crippen LogP contribution in [-0.4, -0.2) is 38.0 Å². The number of ketones is 1. The Balaban J connectivity index is 1.96. The molecule has 3 aliphatic rings. The van der Waals surface area contributed by atoms with Crippen molar-refractivity contribution in [2.75, 3.05) is 25.6 Å². The quantitative estimate of drug-likeness (QED) is 0.573. The minimum absolute atomic E-state index is 0.0294. The van der Waals surface area contributed by atoms with Crippen molar-refractivity contribution in [3.63, 3.8) is 0 Å². The molecule has 1 aliphatic carbocycles. The Morgan fingerprint density at radius 2 is 1.93 bits per heavy atom. The minimum atomic E-state index is -1.70. The van der Waals surface area contributed by atoms with Crippen LogP contribution in [0.2, 0.25) is 0 Å². The lowest BCUT2D eigenvalue weighted by Crippen LogP contribution is -2.50. The van der Waals surface area contributed by atoms with Crippen molar-refractivity contribution < 1.29 is 28.6 Å². The zero-order chi connectivity index (χ0) is 21.7. The van der Waals surface area contributed by atoms with Crippen molar-refractivity contribution in [2.45, 2.75) is 32.1 Å². The van der Waals surface area contributed by atoms with Crippen LogP contribution in [-0.2, 0) is 34.0 Å². The number of anilines is 1. The highest BCUT2D eigenvalue weighted by Gasteiger charge is 2.62. The number of hydrogen-bond donors (Lipinski definition) is 2. The van der Waals surface area contributed by atoms with E-state index < -0.39 is 17.3 Å². The van der Waals surface area contributed by atoms with Gasteiger partial charge >= 0.3 is 5.97 Å². The summed E-state index contributed by atoms with van der Waals surface area (Å²) in [7, 11) is 1.48. The van der Waals surface area contributed by atoms with Gasteiger partial charge in [-0.25, -0.2) is 4.79 Å². The van der Waals surface area contributed by atoms with E-state index in [2.05, 4.69) is 5.32 Å². The molecule has 0 bridgehead atoms. The monoisotopic (exact) mass is 412 g/mol. The third kappa shape index (κ3) is 2.82. The van der Waals surface area contributed by atoms with Gasteiger partial charge in [-0.2, -0.15) is 0 Å². The third-order valence-corrected chi connectivity index (χ3v) is 5.71. The van der Waals surface area contributed by atoms with Gasteiger partial charge in [0.05, 0.1) is 12.2 Å². The molecule has 3 N–H and O–H groups in total. The van der Waals surface area contributed by atoms with E-state index in [0.29, 0.717) is 23.4 Å². The number of rotatable bonds is 4. The smallest absolute Gasteiger partial charge is 0.341 e. The number of allylic oxidation sites excluding steroid dienone is 1. The fourth-order valence-corrected chi connectivity index (χ4v) is 4.56. The van der Waals surface area contributed by atoms with Crippen molar-refractivity contribution in [1.29, 1.82) is 0 Å². The van der Waals surface area contributed by atoms with Gasteiger partial charge in [0.25, 0.3) is 0 Å². The molecule has 30 heavy (non-hydrogen) atoms. The van der Waals surface area contributed by atoms with Crippen molar-refractivity contribution in [1.82, 2.24) is 0 Å². The summed E-state index contributed by atoms with van der Waals surface area (Å²) < 4.78 is 16.0. The number of para-hydroxylation sites is 1. The van der Waals surface area contributed by atoms with Gasteiger partial charge in [0.2, 0.25) is 11.8 Å². The molecule has 1 unspecified atom stereocenters. The number of nitrogens with two attached hydrogens (primary N) is 1. The van der Waals surface area contributed by atoms with E-state index in [-0.39, 0.29) is 47.9 Å². The maximum absolute atomic E-state index is 13.5. The second kappa shape index (κ2) is 6.98. The van der Waals surface area contributed by atoms with E-state index in [1.165, 1.54) is 7.11 Å². The number of esters is 1. The van der Waals surface area contributed by atoms with Crippen LogP contribution in [0.3, 0.4) is 0 Å². The minimum Gasteiger partial charge on any atom is -0.460 e. The average Bonchev–Trinajstić information content (AvgIpc) is 2.93. The van der Waals surface area contributed by atoms with E-state index in [4.69, 9.17) is 19.9 Å². The zero-order valence-corrected chi connectivity index (χ0v) is 17.2. The topological polar surface area (TPSA) is 117 Å². The van der Waals surface area contributed by atoms with Gasteiger partial charge in [0.1, 0.15) is 23.4 Å². The molecule has 1 amide bonds. The number of amides is 1. The molecule has 0 saturated heterocycles. The second-order valence-electron chi connectivity index (χ2n) is 8.46. The van der Waals surface area contributed by atoms with E-state index in [1.807, 2.05) is 13.8 Å². The summed E-state index contributed by atoms with van der Waals surface area (Å²) in [5, 5.41) is 2.80. The Labute approximate surface area is 174 Å². The Morgan fingerprint density at radius 1 is 1.20 bits per heavy atom. The summed E-state index contributed by atoms with van der Waals surface area (Å²) in [4.78, 5) is 39.9. The van der Waals surface area contributed by atoms with Crippen LogP contribution >= 0.6 is 0 Å². The molecule has 1 atom stereocenters. The summed E-state index contributed by atoms with van der Waals surface area (Å²) in [5.74, 6) is -1.49. The van der Waals surface area contributed by atoms with Crippen LogP contribution in [0.4, 0.5) is 5.69 Å². The second-order valence-corrected chi connectivity index (χ2v) is 8.46. The maximum Gasteiger partial charge on any atom is 0.341 e. The third-order valence-electron chi connectivity index (χ3n) is 5.71. The molecule has 1 aromatic rings. The zero-order valence-electron chi connectivity index (χ0n) is 17.2. The largest absolute Gasteiger partial charge is 0.460 e. The molecule has 0 saturated carbocycles. The number of Topliss-reactive ketones (excluding diaryl/α,β-unsaturated/α-hetero) is 1. The number of ether oxygens (including phenoxy) is 3. The van der Waals surface area contributed by atoms with Crippen LogP contribution in [0.15, 0.2) is 47.1 Å². The maximum atomic E-state index is 13.5. The summed E-state index contributed by atoms with van der Waals surface area (Å²) >= 11 is 0. The molecule has 1 aromatic carbocycles. The summed E-state index contributed by atoms with van der Waals surface area (Å²) in [6.07, 6.45) is 0.635. The number of carbonyl (C=O) groups is 3. The summed E-state index contributed by atoms with van der Waals surface area (Å²) in [6, 6.07) is 6.95. The SMILES string of the molecule is COCCOC(=O)C1=C(N)OC2=C(C(=O)CC(C)(C)C2)C12C(=O)Nc1ccccc12. The first-order chi connectivity index (χ1) is 14.2. The molecular formula is C22H24N2O6. The lowest BCUT2D eigenvalue weighted by molar-refractivity contribution is -0.142. The predicted octanol–water partition coefficient (Wildman–Crippen LogP) is 1.91. The molecule has 8 nitrogen and oxygen atoms in total. The van der Waals surface area contributed by atoms with Gasteiger partial charge in [-0.1, -0.05) is 32.0 Å². The lowest BCUT2D eigenvalue weighted by atomic mass is 9.62. The molecule has 0 fully saturated rings. The highest BCUT2D eigenvalue weighted by atomic mass is 16.6. The van der Waals surface area contributed by atoms with Crippen molar-refractivity contribution >= 4 is 23.3 Å². The predicted molar refractivity (Wildman–Crippen MR) is 107 cm³/mol. The van der Waals surface area contributed by atoms with Crippen LogP contribution in [0, 0.1) is 5.41 Å². The van der Waals surface area contributed by atoms with Crippen LogP contribution < -0.4 is 11.1 Å². The van der Waals surface area contributed by atoms with Gasteiger partial charge < -0.3 is 25.3 Å². The van der Waals surface area contributed by atoms with Crippen LogP contribution in [0.1, 0.15) is 32.3 Å². The molecule has 0 aromatic heterocycles. The standard InChI is InChI=1S/C22H24N2O6/c1-21(2)10-14(25)16-15(11-21)30-18(23)17(19(26)29-9-8-28-3)22(16)12-6-4-5-7-13(12)24-20(22)27/h4-7H,8-11,23H2,1-3H3,(H,24,27). The average molecular weight is 412 g/mol. The molecule has 158 valence electrons. The Hall–Kier alpha value is -3.13. The van der Waals surface area contributed by atoms with Gasteiger partial charge in [-0.15, -0.1) is 0 Å². The first kappa shape index (κ1) is 20.2. The van der Waals surface area contributed by atoms with Gasteiger partial charge in [-0.3, -0.25) is 9.59 Å². The Bertz CT molecular complexity index is 1020. The number of carbonyl (C=O) groups excluding carboxylic acids is 3. The van der Waals surface area contributed by atoms with Gasteiger partial charge in [0.15, 0.2) is 5.78 Å². The van der Waals surface area contributed by atoms with E-state index in [1.54, 1.807) is 24.3 Å². The highest BCUT2D eigenvalue weighted by molar-refractivity contribution is 6.22. The van der Waals surface area contributed by atoms with Crippen LogP contribution in [0.5, 0.6) is 0 Å². The number of benzene rings is 1. The molecular weight excluding hydrogens is 388 g/mol. The number of methoxy groups -OCH3 is 1. The normalized spacial score (nSPS) is 24.4. The highest BCUT2D eigenvalue weighted by Crippen LogP contribution is 2.56. The first-order valence-corrected chi connectivity index (χ1v) is 9.74. The van der Waals surface area contributed by atoms with Crippen LogP contribution in [0.25, 0.3) is 0 Å². The molecule has 0 radical (unpaired) electrons. The fraction of sp³-hybridized carbons (Fsp3) is 0.409. The van der Waals surface area contributed by atoms with Crippen molar-refractivity contribution in [3.05, 3.63) is 52.6 Å². The Morgan fingerprint density at radius 3 is 2.67 bits per heavy atom. The molecule has 1 spiro atoms.